The number of aromatic nitrogens is 2. The highest BCUT2D eigenvalue weighted by Gasteiger charge is 2.21. The summed E-state index contributed by atoms with van der Waals surface area (Å²) in [5.74, 6) is -1.84. The molecule has 0 saturated heterocycles. The molecule has 0 unspecified atom stereocenters. The molecule has 0 radical (unpaired) electrons. The average Bonchev–Trinajstić information content (AvgIpc) is 2.41. The van der Waals surface area contributed by atoms with Crippen molar-refractivity contribution >= 4 is 23.3 Å². The van der Waals surface area contributed by atoms with Crippen molar-refractivity contribution in [2.75, 3.05) is 0 Å². The number of hydrogen-bond donors (Lipinski definition) is 1. The summed E-state index contributed by atoms with van der Waals surface area (Å²) in [4.78, 5) is 28.4. The van der Waals surface area contributed by atoms with E-state index in [0.29, 0.717) is 0 Å². The fraction of sp³-hybridized carbons (Fsp3) is 0. The molecule has 2 rings (SSSR count). The highest BCUT2D eigenvalue weighted by atomic mass is 35.5. The Hall–Kier alpha value is -2.74. The number of aromatic carboxylic acids is 1. The van der Waals surface area contributed by atoms with Crippen LogP contribution in [0.3, 0.4) is 0 Å². The summed E-state index contributed by atoms with van der Waals surface area (Å²) in [6.07, 6.45) is 2.42. The minimum atomic E-state index is -1.32. The molecule has 0 spiro atoms. The zero-order chi connectivity index (χ0) is 14.7. The van der Waals surface area contributed by atoms with Crippen molar-refractivity contribution in [2.45, 2.75) is 0 Å². The summed E-state index contributed by atoms with van der Waals surface area (Å²) in [7, 11) is 0. The predicted octanol–water partition coefficient (Wildman–Crippen LogP) is 2.53. The first-order valence-electron chi connectivity index (χ1n) is 5.15. The number of ether oxygens (including phenoxy) is 1. The lowest BCUT2D eigenvalue weighted by Crippen LogP contribution is -2.04. The normalized spacial score (nSPS) is 10.1. The van der Waals surface area contributed by atoms with Gasteiger partial charge in [0.15, 0.2) is 11.4 Å². The Morgan fingerprint density at radius 3 is 2.85 bits per heavy atom. The van der Waals surface area contributed by atoms with E-state index in [0.717, 1.165) is 12.3 Å². The lowest BCUT2D eigenvalue weighted by molar-refractivity contribution is -0.386. The Morgan fingerprint density at radius 1 is 1.45 bits per heavy atom. The van der Waals surface area contributed by atoms with Crippen LogP contribution in [0.15, 0.2) is 30.6 Å². The zero-order valence-electron chi connectivity index (χ0n) is 9.69. The molecule has 0 amide bonds. The molecule has 0 aliphatic heterocycles. The molecule has 8 nitrogen and oxygen atoms in total. The largest absolute Gasteiger partial charge is 0.476 e. The fourth-order valence-electron chi connectivity index (χ4n) is 1.36. The van der Waals surface area contributed by atoms with Gasteiger partial charge in [-0.05, 0) is 12.1 Å². The van der Waals surface area contributed by atoms with E-state index >= 15 is 0 Å². The monoisotopic (exact) mass is 295 g/mol. The number of rotatable bonds is 4. The van der Waals surface area contributed by atoms with Gasteiger partial charge in [0, 0.05) is 12.3 Å². The minimum absolute atomic E-state index is 0.0636. The molecule has 0 bridgehead atoms. The molecular weight excluding hydrogens is 290 g/mol. The average molecular weight is 296 g/mol. The maximum Gasteiger partial charge on any atom is 0.358 e. The van der Waals surface area contributed by atoms with Crippen LogP contribution in [0.4, 0.5) is 5.69 Å². The minimum Gasteiger partial charge on any atom is -0.476 e. The van der Waals surface area contributed by atoms with Crippen molar-refractivity contribution in [1.29, 1.82) is 0 Å². The van der Waals surface area contributed by atoms with E-state index in [1.165, 1.54) is 18.3 Å². The van der Waals surface area contributed by atoms with Crippen molar-refractivity contribution in [3.63, 3.8) is 0 Å². The molecule has 2 aromatic heterocycles. The maximum atomic E-state index is 11.0. The molecule has 0 atom stereocenters. The summed E-state index contributed by atoms with van der Waals surface area (Å²) in [5, 5.41) is 19.9. The Morgan fingerprint density at radius 2 is 2.20 bits per heavy atom. The topological polar surface area (TPSA) is 115 Å². The standard InChI is InChI=1S/C11H6ClN3O5/c12-6-4-7(15(18)19)10(14-5-6)20-8-2-1-3-13-9(8)11(16)17/h1-5H,(H,16,17). The van der Waals surface area contributed by atoms with Gasteiger partial charge in [-0.2, -0.15) is 0 Å². The molecule has 0 saturated carbocycles. The number of halogens is 1. The van der Waals surface area contributed by atoms with Gasteiger partial charge in [-0.25, -0.2) is 14.8 Å². The number of hydrogen-bond acceptors (Lipinski definition) is 6. The molecule has 0 aliphatic carbocycles. The van der Waals surface area contributed by atoms with E-state index in [1.807, 2.05) is 0 Å². The van der Waals surface area contributed by atoms with Crippen molar-refractivity contribution in [1.82, 2.24) is 9.97 Å². The van der Waals surface area contributed by atoms with Crippen LogP contribution >= 0.6 is 11.6 Å². The van der Waals surface area contributed by atoms with Gasteiger partial charge in [-0.3, -0.25) is 10.1 Å². The van der Waals surface area contributed by atoms with Crippen LogP contribution in [0.1, 0.15) is 10.5 Å². The summed E-state index contributed by atoms with van der Waals surface area (Å²) >= 11 is 5.62. The van der Waals surface area contributed by atoms with Crippen LogP contribution in [-0.2, 0) is 0 Å². The van der Waals surface area contributed by atoms with Crippen LogP contribution < -0.4 is 4.74 Å². The van der Waals surface area contributed by atoms with Gasteiger partial charge in [-0.1, -0.05) is 11.6 Å². The molecule has 0 fully saturated rings. The summed E-state index contributed by atoms with van der Waals surface area (Å²) < 4.78 is 5.16. The molecule has 102 valence electrons. The van der Waals surface area contributed by atoms with Crippen LogP contribution in [-0.4, -0.2) is 26.0 Å². The summed E-state index contributed by atoms with van der Waals surface area (Å²) in [6.45, 7) is 0. The number of pyridine rings is 2. The van der Waals surface area contributed by atoms with Gasteiger partial charge >= 0.3 is 11.7 Å². The van der Waals surface area contributed by atoms with E-state index in [2.05, 4.69) is 9.97 Å². The van der Waals surface area contributed by atoms with Gasteiger partial charge < -0.3 is 9.84 Å². The number of carbonyl (C=O) groups is 1. The number of carboxylic acid groups (broad SMARTS) is 1. The van der Waals surface area contributed by atoms with Crippen LogP contribution in [0.5, 0.6) is 11.6 Å². The molecule has 2 heterocycles. The van der Waals surface area contributed by atoms with Gasteiger partial charge in [0.25, 0.3) is 5.88 Å². The van der Waals surface area contributed by atoms with E-state index in [9.17, 15) is 14.9 Å². The van der Waals surface area contributed by atoms with E-state index in [1.54, 1.807) is 0 Å². The third-order valence-electron chi connectivity index (χ3n) is 2.18. The van der Waals surface area contributed by atoms with Crippen LogP contribution in [0.2, 0.25) is 5.02 Å². The second kappa shape index (κ2) is 5.49. The number of nitro groups is 1. The highest BCUT2D eigenvalue weighted by Crippen LogP contribution is 2.31. The smallest absolute Gasteiger partial charge is 0.358 e. The molecular formula is C11H6ClN3O5. The molecule has 0 aromatic carbocycles. The Labute approximate surface area is 116 Å². The van der Waals surface area contributed by atoms with Gasteiger partial charge in [0.2, 0.25) is 0 Å². The molecule has 9 heteroatoms. The van der Waals surface area contributed by atoms with Crippen molar-refractivity contribution < 1.29 is 19.6 Å². The predicted molar refractivity (Wildman–Crippen MR) is 67.2 cm³/mol. The van der Waals surface area contributed by atoms with E-state index in [4.69, 9.17) is 21.4 Å². The number of nitrogens with zero attached hydrogens (tertiary/aromatic N) is 3. The Bertz CT molecular complexity index is 692. The lowest BCUT2D eigenvalue weighted by atomic mass is 10.3. The van der Waals surface area contributed by atoms with Gasteiger partial charge in [0.1, 0.15) is 0 Å². The molecule has 20 heavy (non-hydrogen) atoms. The zero-order valence-corrected chi connectivity index (χ0v) is 10.4. The first-order valence-corrected chi connectivity index (χ1v) is 5.53. The van der Waals surface area contributed by atoms with Crippen LogP contribution in [0.25, 0.3) is 0 Å². The van der Waals surface area contributed by atoms with Crippen molar-refractivity contribution in [3.05, 3.63) is 51.4 Å². The van der Waals surface area contributed by atoms with Gasteiger partial charge in [0.05, 0.1) is 16.1 Å². The van der Waals surface area contributed by atoms with E-state index in [-0.39, 0.29) is 22.3 Å². The summed E-state index contributed by atoms with van der Waals surface area (Å²) in [5.41, 5.74) is -0.851. The fourth-order valence-corrected chi connectivity index (χ4v) is 1.52. The third kappa shape index (κ3) is 2.81. The quantitative estimate of drug-likeness (QED) is 0.680. The first-order chi connectivity index (χ1) is 9.49. The molecule has 1 N–H and O–H groups in total. The second-order valence-corrected chi connectivity index (χ2v) is 3.93. The Kier molecular flexibility index (Phi) is 3.76. The van der Waals surface area contributed by atoms with Crippen LogP contribution in [0, 0.1) is 10.1 Å². The third-order valence-corrected chi connectivity index (χ3v) is 2.38. The molecule has 0 aliphatic rings. The number of carboxylic acids is 1. The van der Waals surface area contributed by atoms with Gasteiger partial charge in [-0.15, -0.1) is 0 Å². The highest BCUT2D eigenvalue weighted by molar-refractivity contribution is 6.30. The molecule has 2 aromatic rings. The maximum absolute atomic E-state index is 11.0. The first kappa shape index (κ1) is 13.7. The lowest BCUT2D eigenvalue weighted by Gasteiger charge is -2.07. The van der Waals surface area contributed by atoms with Crippen molar-refractivity contribution in [2.24, 2.45) is 0 Å². The SMILES string of the molecule is O=C(O)c1ncccc1Oc1ncc(Cl)cc1[N+](=O)[O-]. The summed E-state index contributed by atoms with van der Waals surface area (Å²) in [6, 6.07) is 3.81. The van der Waals surface area contributed by atoms with E-state index < -0.39 is 16.6 Å². The second-order valence-electron chi connectivity index (χ2n) is 3.49. The Balaban J connectivity index is 2.45. The van der Waals surface area contributed by atoms with Crippen molar-refractivity contribution in [3.8, 4) is 11.6 Å².